The zero-order valence-corrected chi connectivity index (χ0v) is 11.0. The molecule has 1 fully saturated rings. The lowest BCUT2D eigenvalue weighted by molar-refractivity contribution is -0.0335. The van der Waals surface area contributed by atoms with E-state index in [-0.39, 0.29) is 0 Å². The maximum Gasteiger partial charge on any atom is 0.127 e. The van der Waals surface area contributed by atoms with Crippen LogP contribution in [-0.2, 0) is 0 Å². The summed E-state index contributed by atoms with van der Waals surface area (Å²) in [5.41, 5.74) is -0.645. The van der Waals surface area contributed by atoms with Gasteiger partial charge in [-0.2, -0.15) is 0 Å². The highest BCUT2D eigenvalue weighted by Gasteiger charge is 2.30. The van der Waals surface area contributed by atoms with E-state index in [9.17, 15) is 5.11 Å². The Bertz CT molecular complexity index is 556. The highest BCUT2D eigenvalue weighted by Crippen LogP contribution is 2.30. The molecule has 0 saturated heterocycles. The second-order valence-corrected chi connectivity index (χ2v) is 5.43. The van der Waals surface area contributed by atoms with Crippen LogP contribution < -0.4 is 4.74 Å². The molecule has 0 spiro atoms. The molecule has 0 aliphatic heterocycles. The minimum absolute atomic E-state index is 0.383. The van der Waals surface area contributed by atoms with Gasteiger partial charge in [0.05, 0.1) is 5.60 Å². The Kier molecular flexibility index (Phi) is 3.38. The van der Waals surface area contributed by atoms with Gasteiger partial charge < -0.3 is 9.84 Å². The zero-order valence-electron chi connectivity index (χ0n) is 11.0. The van der Waals surface area contributed by atoms with Crippen LogP contribution in [0.15, 0.2) is 36.7 Å². The fraction of sp³-hybridized carbons (Fsp3) is 0.438. The third kappa shape index (κ3) is 2.71. The van der Waals surface area contributed by atoms with Crippen LogP contribution in [0.25, 0.3) is 10.8 Å². The first-order valence-corrected chi connectivity index (χ1v) is 6.95. The Labute approximate surface area is 113 Å². The number of aromatic nitrogens is 1. The fourth-order valence-corrected chi connectivity index (χ4v) is 2.79. The summed E-state index contributed by atoms with van der Waals surface area (Å²) in [5.74, 6) is 0.832. The van der Waals surface area contributed by atoms with Gasteiger partial charge >= 0.3 is 0 Å². The SMILES string of the molecule is OC1(COc2cccc3cnccc23)CCCCC1. The quantitative estimate of drug-likeness (QED) is 0.917. The topological polar surface area (TPSA) is 42.4 Å². The summed E-state index contributed by atoms with van der Waals surface area (Å²) in [6.45, 7) is 0.383. The van der Waals surface area contributed by atoms with Crippen molar-refractivity contribution in [2.24, 2.45) is 0 Å². The van der Waals surface area contributed by atoms with Crippen LogP contribution in [0.4, 0.5) is 0 Å². The largest absolute Gasteiger partial charge is 0.490 e. The minimum atomic E-state index is -0.645. The van der Waals surface area contributed by atoms with Gasteiger partial charge in [-0.1, -0.05) is 31.4 Å². The fourth-order valence-electron chi connectivity index (χ4n) is 2.79. The molecule has 1 aliphatic rings. The monoisotopic (exact) mass is 257 g/mol. The van der Waals surface area contributed by atoms with Crippen LogP contribution in [-0.4, -0.2) is 22.3 Å². The number of aliphatic hydroxyl groups is 1. The van der Waals surface area contributed by atoms with Crippen molar-refractivity contribution in [3.05, 3.63) is 36.7 Å². The molecule has 3 rings (SSSR count). The van der Waals surface area contributed by atoms with Crippen LogP contribution in [0, 0.1) is 0 Å². The van der Waals surface area contributed by atoms with Crippen LogP contribution in [0.3, 0.4) is 0 Å². The summed E-state index contributed by atoms with van der Waals surface area (Å²) < 4.78 is 5.88. The summed E-state index contributed by atoms with van der Waals surface area (Å²) >= 11 is 0. The number of hydrogen-bond acceptors (Lipinski definition) is 3. The maximum atomic E-state index is 10.5. The molecule has 1 aromatic carbocycles. The predicted octanol–water partition coefficient (Wildman–Crippen LogP) is 3.31. The van der Waals surface area contributed by atoms with Gasteiger partial charge in [0.2, 0.25) is 0 Å². The molecular formula is C16H19NO2. The average molecular weight is 257 g/mol. The molecule has 3 nitrogen and oxygen atoms in total. The van der Waals surface area contributed by atoms with E-state index < -0.39 is 5.60 Å². The van der Waals surface area contributed by atoms with Gasteiger partial charge in [0, 0.05) is 23.2 Å². The van der Waals surface area contributed by atoms with Crippen molar-refractivity contribution in [2.75, 3.05) is 6.61 Å². The zero-order chi connectivity index (χ0) is 13.1. The Balaban J connectivity index is 1.78. The molecule has 1 saturated carbocycles. The van der Waals surface area contributed by atoms with E-state index in [1.54, 1.807) is 6.20 Å². The molecule has 3 heteroatoms. The number of nitrogens with zero attached hydrogens (tertiary/aromatic N) is 1. The molecule has 0 atom stereocenters. The molecular weight excluding hydrogens is 238 g/mol. The number of rotatable bonds is 3. The van der Waals surface area contributed by atoms with Gasteiger partial charge in [-0.25, -0.2) is 0 Å². The van der Waals surface area contributed by atoms with Crippen LogP contribution in [0.5, 0.6) is 5.75 Å². The number of ether oxygens (including phenoxy) is 1. The van der Waals surface area contributed by atoms with Crippen molar-refractivity contribution in [1.29, 1.82) is 0 Å². The number of pyridine rings is 1. The maximum absolute atomic E-state index is 10.5. The van der Waals surface area contributed by atoms with Crippen molar-refractivity contribution >= 4 is 10.8 Å². The summed E-state index contributed by atoms with van der Waals surface area (Å²) in [7, 11) is 0. The summed E-state index contributed by atoms with van der Waals surface area (Å²) in [6.07, 6.45) is 8.71. The van der Waals surface area contributed by atoms with E-state index in [1.165, 1.54) is 6.42 Å². The van der Waals surface area contributed by atoms with Crippen molar-refractivity contribution in [2.45, 2.75) is 37.7 Å². The molecule has 0 bridgehead atoms. The third-order valence-electron chi connectivity index (χ3n) is 3.92. The second-order valence-electron chi connectivity index (χ2n) is 5.43. The van der Waals surface area contributed by atoms with Crippen molar-refractivity contribution in [3.8, 4) is 5.75 Å². The van der Waals surface area contributed by atoms with Crippen LogP contribution >= 0.6 is 0 Å². The lowest BCUT2D eigenvalue weighted by atomic mass is 9.85. The van der Waals surface area contributed by atoms with E-state index in [2.05, 4.69) is 4.98 Å². The van der Waals surface area contributed by atoms with E-state index in [4.69, 9.17) is 4.74 Å². The lowest BCUT2D eigenvalue weighted by Crippen LogP contribution is -2.37. The molecule has 1 heterocycles. The Morgan fingerprint density at radius 3 is 2.84 bits per heavy atom. The third-order valence-corrected chi connectivity index (χ3v) is 3.92. The van der Waals surface area contributed by atoms with E-state index >= 15 is 0 Å². The average Bonchev–Trinajstić information content (AvgIpc) is 2.46. The van der Waals surface area contributed by atoms with Gasteiger partial charge in [0.1, 0.15) is 12.4 Å². The molecule has 0 unspecified atom stereocenters. The number of fused-ring (bicyclic) bond motifs is 1. The Hall–Kier alpha value is -1.61. The predicted molar refractivity (Wildman–Crippen MR) is 75.3 cm³/mol. The van der Waals surface area contributed by atoms with Crippen molar-refractivity contribution < 1.29 is 9.84 Å². The molecule has 0 radical (unpaired) electrons. The van der Waals surface area contributed by atoms with Gasteiger partial charge in [0.15, 0.2) is 0 Å². The van der Waals surface area contributed by atoms with Gasteiger partial charge in [-0.05, 0) is 25.0 Å². The first-order valence-electron chi connectivity index (χ1n) is 6.95. The Morgan fingerprint density at radius 2 is 2.00 bits per heavy atom. The molecule has 100 valence electrons. The van der Waals surface area contributed by atoms with E-state index in [0.29, 0.717) is 6.61 Å². The first kappa shape index (κ1) is 12.4. The van der Waals surface area contributed by atoms with Crippen LogP contribution in [0.1, 0.15) is 32.1 Å². The van der Waals surface area contributed by atoms with Gasteiger partial charge in [-0.3, -0.25) is 4.98 Å². The smallest absolute Gasteiger partial charge is 0.127 e. The van der Waals surface area contributed by atoms with Crippen molar-refractivity contribution in [3.63, 3.8) is 0 Å². The molecule has 1 N–H and O–H groups in total. The highest BCUT2D eigenvalue weighted by molar-refractivity contribution is 5.87. The Morgan fingerprint density at radius 1 is 1.16 bits per heavy atom. The van der Waals surface area contributed by atoms with Gasteiger partial charge in [-0.15, -0.1) is 0 Å². The summed E-state index contributed by atoms with van der Waals surface area (Å²) in [4.78, 5) is 4.11. The van der Waals surface area contributed by atoms with E-state index in [1.807, 2.05) is 30.5 Å². The van der Waals surface area contributed by atoms with Crippen LogP contribution in [0.2, 0.25) is 0 Å². The molecule has 2 aromatic rings. The lowest BCUT2D eigenvalue weighted by Gasteiger charge is -2.31. The minimum Gasteiger partial charge on any atom is -0.490 e. The van der Waals surface area contributed by atoms with E-state index in [0.717, 1.165) is 42.2 Å². The molecule has 19 heavy (non-hydrogen) atoms. The second kappa shape index (κ2) is 5.17. The normalized spacial score (nSPS) is 18.4. The molecule has 1 aliphatic carbocycles. The standard InChI is InChI=1S/C16H19NO2/c18-16(8-2-1-3-9-16)12-19-15-6-4-5-13-11-17-10-7-14(13)15/h4-7,10-11,18H,1-3,8-9,12H2. The van der Waals surface area contributed by atoms with Gasteiger partial charge in [0.25, 0.3) is 0 Å². The first-order chi connectivity index (χ1) is 9.27. The summed E-state index contributed by atoms with van der Waals surface area (Å²) in [5, 5.41) is 12.6. The number of hydrogen-bond donors (Lipinski definition) is 1. The van der Waals surface area contributed by atoms with Crippen molar-refractivity contribution in [1.82, 2.24) is 4.98 Å². The summed E-state index contributed by atoms with van der Waals surface area (Å²) in [6, 6.07) is 7.89. The highest BCUT2D eigenvalue weighted by atomic mass is 16.5. The molecule has 0 amide bonds. The molecule has 1 aromatic heterocycles. The number of benzene rings is 1.